The fraction of sp³-hybridized carbons (Fsp3) is 0.333. The van der Waals surface area contributed by atoms with Crippen LogP contribution in [0.15, 0.2) is 29.9 Å². The highest BCUT2D eigenvalue weighted by atomic mass is 32.1. The smallest absolute Gasteiger partial charge is 0.0936 e. The Kier molecular flexibility index (Phi) is 2.68. The van der Waals surface area contributed by atoms with Crippen molar-refractivity contribution < 1.29 is 0 Å². The lowest BCUT2D eigenvalue weighted by Gasteiger charge is -2.25. The highest BCUT2D eigenvalue weighted by Gasteiger charge is 2.18. The second kappa shape index (κ2) is 4.31. The number of nitrogens with zero attached hydrogens (tertiary/aromatic N) is 2. The van der Waals surface area contributed by atoms with E-state index in [9.17, 15) is 0 Å². The molecule has 0 unspecified atom stereocenters. The Morgan fingerprint density at radius 2 is 2.12 bits per heavy atom. The quantitative estimate of drug-likeness (QED) is 0.877. The van der Waals surface area contributed by atoms with Crippen molar-refractivity contribution >= 4 is 11.3 Å². The van der Waals surface area contributed by atoms with Gasteiger partial charge in [-0.1, -0.05) is 0 Å². The largest absolute Gasteiger partial charge is 0.316 e. The lowest BCUT2D eigenvalue weighted by Crippen LogP contribution is -2.43. The summed E-state index contributed by atoms with van der Waals surface area (Å²) in [5, 5.41) is 6.67. The van der Waals surface area contributed by atoms with Gasteiger partial charge in [-0.05, 0) is 31.1 Å². The lowest BCUT2D eigenvalue weighted by atomic mass is 10.0. The fourth-order valence-corrected chi connectivity index (χ4v) is 2.72. The van der Waals surface area contributed by atoms with Gasteiger partial charge in [0.1, 0.15) is 0 Å². The van der Waals surface area contributed by atoms with Crippen LogP contribution in [0, 0.1) is 5.92 Å². The summed E-state index contributed by atoms with van der Waals surface area (Å²) in [7, 11) is 0. The van der Waals surface area contributed by atoms with E-state index in [1.54, 1.807) is 11.3 Å². The molecule has 3 heterocycles. The van der Waals surface area contributed by atoms with Gasteiger partial charge >= 0.3 is 0 Å². The SMILES string of the molecule is c1cc(-c2csc(CC3CNC3)n2)ccn1. The molecule has 3 rings (SSSR count). The highest BCUT2D eigenvalue weighted by molar-refractivity contribution is 7.09. The van der Waals surface area contributed by atoms with Crippen molar-refractivity contribution in [3.63, 3.8) is 0 Å². The maximum Gasteiger partial charge on any atom is 0.0936 e. The molecule has 0 spiro atoms. The van der Waals surface area contributed by atoms with E-state index in [-0.39, 0.29) is 0 Å². The third kappa shape index (κ3) is 1.99. The summed E-state index contributed by atoms with van der Waals surface area (Å²) in [6.07, 6.45) is 4.73. The molecule has 0 saturated carbocycles. The molecule has 0 aliphatic carbocycles. The Bertz CT molecular complexity index is 462. The molecular formula is C12H13N3S. The van der Waals surface area contributed by atoms with Crippen LogP contribution < -0.4 is 5.32 Å². The molecule has 4 heteroatoms. The summed E-state index contributed by atoms with van der Waals surface area (Å²) < 4.78 is 0. The van der Waals surface area contributed by atoms with Gasteiger partial charge in [-0.3, -0.25) is 4.98 Å². The van der Waals surface area contributed by atoms with Crippen LogP contribution in [0.5, 0.6) is 0 Å². The molecule has 0 aromatic carbocycles. The van der Waals surface area contributed by atoms with Crippen LogP contribution in [0.2, 0.25) is 0 Å². The number of hydrogen-bond acceptors (Lipinski definition) is 4. The number of thiazole rings is 1. The predicted molar refractivity (Wildman–Crippen MR) is 65.4 cm³/mol. The maximum atomic E-state index is 4.67. The van der Waals surface area contributed by atoms with Crippen LogP contribution in [-0.2, 0) is 6.42 Å². The summed E-state index contributed by atoms with van der Waals surface area (Å²) in [6, 6.07) is 4.01. The van der Waals surface area contributed by atoms with E-state index >= 15 is 0 Å². The van der Waals surface area contributed by atoms with E-state index in [4.69, 9.17) is 0 Å². The van der Waals surface area contributed by atoms with Gasteiger partial charge in [-0.25, -0.2) is 4.98 Å². The van der Waals surface area contributed by atoms with Gasteiger partial charge in [0.15, 0.2) is 0 Å². The zero-order valence-corrected chi connectivity index (χ0v) is 9.70. The van der Waals surface area contributed by atoms with Crippen molar-refractivity contribution in [3.8, 4) is 11.3 Å². The molecule has 3 nitrogen and oxygen atoms in total. The Labute approximate surface area is 98.6 Å². The minimum absolute atomic E-state index is 0.788. The van der Waals surface area contributed by atoms with E-state index in [1.807, 2.05) is 24.5 Å². The van der Waals surface area contributed by atoms with E-state index in [0.29, 0.717) is 0 Å². The summed E-state index contributed by atoms with van der Waals surface area (Å²) >= 11 is 1.76. The second-order valence-electron chi connectivity index (χ2n) is 4.09. The van der Waals surface area contributed by atoms with Crippen molar-refractivity contribution in [2.24, 2.45) is 5.92 Å². The van der Waals surface area contributed by atoms with Crippen LogP contribution in [0.4, 0.5) is 0 Å². The van der Waals surface area contributed by atoms with Crippen LogP contribution in [0.3, 0.4) is 0 Å². The Hall–Kier alpha value is -1.26. The average molecular weight is 231 g/mol. The summed E-state index contributed by atoms with van der Waals surface area (Å²) in [4.78, 5) is 8.68. The lowest BCUT2D eigenvalue weighted by molar-refractivity contribution is 0.346. The monoisotopic (exact) mass is 231 g/mol. The number of rotatable bonds is 3. The van der Waals surface area contributed by atoms with Gasteiger partial charge in [-0.15, -0.1) is 11.3 Å². The van der Waals surface area contributed by atoms with Crippen molar-refractivity contribution in [2.75, 3.05) is 13.1 Å². The normalized spacial score (nSPS) is 16.0. The van der Waals surface area contributed by atoms with Crippen molar-refractivity contribution in [3.05, 3.63) is 34.9 Å². The molecule has 0 bridgehead atoms. The van der Waals surface area contributed by atoms with E-state index in [1.165, 1.54) is 5.01 Å². The van der Waals surface area contributed by atoms with Crippen molar-refractivity contribution in [1.82, 2.24) is 15.3 Å². The van der Waals surface area contributed by atoms with E-state index < -0.39 is 0 Å². The zero-order chi connectivity index (χ0) is 10.8. The average Bonchev–Trinajstić information content (AvgIpc) is 2.73. The molecule has 1 aliphatic heterocycles. The topological polar surface area (TPSA) is 37.8 Å². The van der Waals surface area contributed by atoms with Crippen LogP contribution in [-0.4, -0.2) is 23.1 Å². The maximum absolute atomic E-state index is 4.67. The van der Waals surface area contributed by atoms with Gasteiger partial charge in [0.2, 0.25) is 0 Å². The summed E-state index contributed by atoms with van der Waals surface area (Å²) in [5.74, 6) is 0.788. The molecule has 2 aromatic rings. The number of pyridine rings is 1. The summed E-state index contributed by atoms with van der Waals surface area (Å²) in [5.41, 5.74) is 2.24. The first-order valence-electron chi connectivity index (χ1n) is 5.47. The van der Waals surface area contributed by atoms with Gasteiger partial charge in [0.05, 0.1) is 10.7 Å². The first-order valence-corrected chi connectivity index (χ1v) is 6.35. The number of nitrogens with one attached hydrogen (secondary N) is 1. The first kappa shape index (κ1) is 9.93. The van der Waals surface area contributed by atoms with Crippen LogP contribution >= 0.6 is 11.3 Å². The molecule has 1 saturated heterocycles. The van der Waals surface area contributed by atoms with Gasteiger partial charge < -0.3 is 5.32 Å². The Balaban J connectivity index is 1.77. The van der Waals surface area contributed by atoms with Gasteiger partial charge in [0.25, 0.3) is 0 Å². The second-order valence-corrected chi connectivity index (χ2v) is 5.03. The molecule has 0 atom stereocenters. The number of aromatic nitrogens is 2. The Morgan fingerprint density at radius 3 is 2.81 bits per heavy atom. The molecule has 82 valence electrons. The van der Waals surface area contributed by atoms with Crippen LogP contribution in [0.25, 0.3) is 11.3 Å². The third-order valence-corrected chi connectivity index (χ3v) is 3.73. The number of hydrogen-bond donors (Lipinski definition) is 1. The minimum Gasteiger partial charge on any atom is -0.316 e. The fourth-order valence-electron chi connectivity index (χ4n) is 1.80. The standard InChI is InChI=1S/C12H13N3S/c1-3-13-4-2-10(1)11-8-16-12(15-11)5-9-6-14-7-9/h1-4,8-9,14H,5-7H2. The van der Waals surface area contributed by atoms with Crippen molar-refractivity contribution in [2.45, 2.75) is 6.42 Å². The molecule has 1 N–H and O–H groups in total. The molecule has 1 aliphatic rings. The summed E-state index contributed by atoms with van der Waals surface area (Å²) in [6.45, 7) is 2.29. The molecule has 0 amide bonds. The molecule has 1 fully saturated rings. The molecular weight excluding hydrogens is 218 g/mol. The molecule has 16 heavy (non-hydrogen) atoms. The third-order valence-electron chi connectivity index (χ3n) is 2.86. The first-order chi connectivity index (χ1) is 7.92. The van der Waals surface area contributed by atoms with Crippen molar-refractivity contribution in [1.29, 1.82) is 0 Å². The predicted octanol–water partition coefficient (Wildman–Crippen LogP) is 1.97. The minimum atomic E-state index is 0.788. The van der Waals surface area contributed by atoms with Gasteiger partial charge in [-0.2, -0.15) is 0 Å². The highest BCUT2D eigenvalue weighted by Crippen LogP contribution is 2.23. The van der Waals surface area contributed by atoms with E-state index in [2.05, 4.69) is 20.7 Å². The van der Waals surface area contributed by atoms with E-state index in [0.717, 1.165) is 36.7 Å². The van der Waals surface area contributed by atoms with Crippen LogP contribution in [0.1, 0.15) is 5.01 Å². The Morgan fingerprint density at radius 1 is 1.31 bits per heavy atom. The molecule has 2 aromatic heterocycles. The van der Waals surface area contributed by atoms with Gasteiger partial charge in [0, 0.05) is 29.8 Å². The molecule has 0 radical (unpaired) electrons. The zero-order valence-electron chi connectivity index (χ0n) is 8.89.